The van der Waals surface area contributed by atoms with Crippen molar-refractivity contribution in [3.63, 3.8) is 0 Å². The van der Waals surface area contributed by atoms with Crippen LogP contribution in [0.5, 0.6) is 0 Å². The van der Waals surface area contributed by atoms with Gasteiger partial charge in [-0.15, -0.1) is 0 Å². The van der Waals surface area contributed by atoms with Crippen LogP contribution in [0.15, 0.2) is 54.7 Å². The first-order chi connectivity index (χ1) is 13.4. The Balaban J connectivity index is 1.82. The lowest BCUT2D eigenvalue weighted by molar-refractivity contribution is 0.0939. The van der Waals surface area contributed by atoms with E-state index in [2.05, 4.69) is 48.4 Å². The van der Waals surface area contributed by atoms with Crippen LogP contribution in [0.25, 0.3) is 10.8 Å². The monoisotopic (exact) mass is 375 g/mol. The summed E-state index contributed by atoms with van der Waals surface area (Å²) in [4.78, 5) is 19.3. The molecule has 2 atom stereocenters. The summed E-state index contributed by atoms with van der Waals surface area (Å²) in [5, 5.41) is 5.40. The van der Waals surface area contributed by atoms with Crippen molar-refractivity contribution in [3.05, 3.63) is 71.5 Å². The normalized spacial score (nSPS) is 13.2. The fourth-order valence-electron chi connectivity index (χ4n) is 3.41. The average molecular weight is 376 g/mol. The van der Waals surface area contributed by atoms with Gasteiger partial charge in [0.2, 0.25) is 0 Å². The molecule has 0 aliphatic carbocycles. The summed E-state index contributed by atoms with van der Waals surface area (Å²) in [6.45, 7) is 6.40. The molecule has 1 N–H and O–H groups in total. The van der Waals surface area contributed by atoms with Crippen molar-refractivity contribution in [1.29, 1.82) is 0 Å². The summed E-state index contributed by atoms with van der Waals surface area (Å²) in [6.07, 6.45) is 2.87. The first-order valence-corrected chi connectivity index (χ1v) is 9.87. The van der Waals surface area contributed by atoms with Crippen LogP contribution in [0, 0.1) is 0 Å². The van der Waals surface area contributed by atoms with E-state index < -0.39 is 0 Å². The van der Waals surface area contributed by atoms with E-state index in [1.165, 1.54) is 10.9 Å². The number of nitrogens with zero attached hydrogens (tertiary/aromatic N) is 2. The van der Waals surface area contributed by atoms with E-state index in [0.29, 0.717) is 11.5 Å². The van der Waals surface area contributed by atoms with Gasteiger partial charge in [0.25, 0.3) is 5.91 Å². The van der Waals surface area contributed by atoms with Crippen LogP contribution in [0.3, 0.4) is 0 Å². The highest BCUT2D eigenvalue weighted by Gasteiger charge is 2.15. The van der Waals surface area contributed by atoms with Crippen LogP contribution in [0.4, 0.5) is 5.69 Å². The number of carbonyl (C=O) groups is 1. The molecule has 0 aliphatic heterocycles. The van der Waals surface area contributed by atoms with Gasteiger partial charge in [-0.2, -0.15) is 0 Å². The Morgan fingerprint density at radius 2 is 1.89 bits per heavy atom. The third-order valence-electron chi connectivity index (χ3n) is 5.39. The molecule has 1 aromatic heterocycles. The Hall–Kier alpha value is -2.88. The summed E-state index contributed by atoms with van der Waals surface area (Å²) < 4.78 is 0. The van der Waals surface area contributed by atoms with Crippen LogP contribution in [0.2, 0.25) is 0 Å². The molecule has 1 amide bonds. The molecule has 146 valence electrons. The van der Waals surface area contributed by atoms with E-state index in [1.807, 2.05) is 50.2 Å². The topological polar surface area (TPSA) is 45.2 Å². The van der Waals surface area contributed by atoms with E-state index in [1.54, 1.807) is 6.20 Å². The van der Waals surface area contributed by atoms with Gasteiger partial charge in [0.05, 0.1) is 11.7 Å². The molecule has 0 bridgehead atoms. The van der Waals surface area contributed by atoms with Gasteiger partial charge in [-0.3, -0.25) is 9.78 Å². The number of anilines is 1. The fourth-order valence-corrected chi connectivity index (χ4v) is 3.41. The van der Waals surface area contributed by atoms with Gasteiger partial charge in [-0.1, -0.05) is 38.1 Å². The predicted molar refractivity (Wildman–Crippen MR) is 117 cm³/mol. The second-order valence-corrected chi connectivity index (χ2v) is 7.62. The van der Waals surface area contributed by atoms with Crippen molar-refractivity contribution in [2.45, 2.75) is 39.2 Å². The quantitative estimate of drug-likeness (QED) is 0.635. The molecule has 4 heteroatoms. The zero-order valence-electron chi connectivity index (χ0n) is 17.4. The minimum absolute atomic E-state index is 0.0830. The Labute approximate surface area is 167 Å². The van der Waals surface area contributed by atoms with Gasteiger partial charge >= 0.3 is 0 Å². The summed E-state index contributed by atoms with van der Waals surface area (Å²) in [5.41, 5.74) is 3.92. The molecule has 2 unspecified atom stereocenters. The SMILES string of the molecule is CCC(C)c1cccc2cc(C(=O)NC(C)c3cc(N(C)C)ccn3)ccc12. The standard InChI is InChI=1S/C24H29N3O/c1-6-16(2)21-9-7-8-18-14-19(10-11-22(18)21)24(28)26-17(3)23-15-20(27(4)5)12-13-25-23/h7-17H,6H2,1-5H3,(H,26,28). The number of nitrogens with one attached hydrogen (secondary N) is 1. The smallest absolute Gasteiger partial charge is 0.251 e. The number of benzene rings is 2. The molecule has 0 fully saturated rings. The number of rotatable bonds is 6. The van der Waals surface area contributed by atoms with E-state index >= 15 is 0 Å². The van der Waals surface area contributed by atoms with Gasteiger partial charge in [0, 0.05) is 31.5 Å². The Kier molecular flexibility index (Phi) is 5.98. The fraction of sp³-hybridized carbons (Fsp3) is 0.333. The molecule has 1 heterocycles. The van der Waals surface area contributed by atoms with Crippen LogP contribution < -0.4 is 10.2 Å². The van der Waals surface area contributed by atoms with E-state index in [-0.39, 0.29) is 11.9 Å². The summed E-state index contributed by atoms with van der Waals surface area (Å²) >= 11 is 0. The summed E-state index contributed by atoms with van der Waals surface area (Å²) in [7, 11) is 3.98. The maximum Gasteiger partial charge on any atom is 0.251 e. The van der Waals surface area contributed by atoms with Gasteiger partial charge in [-0.25, -0.2) is 0 Å². The average Bonchev–Trinajstić information content (AvgIpc) is 2.72. The molecule has 0 spiro atoms. The van der Waals surface area contributed by atoms with Crippen LogP contribution in [-0.2, 0) is 0 Å². The first-order valence-electron chi connectivity index (χ1n) is 9.87. The minimum Gasteiger partial charge on any atom is -0.378 e. The molecule has 4 nitrogen and oxygen atoms in total. The zero-order chi connectivity index (χ0) is 20.3. The number of amides is 1. The maximum absolute atomic E-state index is 12.8. The highest BCUT2D eigenvalue weighted by atomic mass is 16.1. The van der Waals surface area contributed by atoms with E-state index in [9.17, 15) is 4.79 Å². The molecular weight excluding hydrogens is 346 g/mol. The molecule has 3 aromatic rings. The third kappa shape index (κ3) is 4.16. The van der Waals surface area contributed by atoms with Crippen molar-refractivity contribution in [1.82, 2.24) is 10.3 Å². The number of aromatic nitrogens is 1. The minimum atomic E-state index is -0.172. The van der Waals surface area contributed by atoms with Crippen molar-refractivity contribution in [2.75, 3.05) is 19.0 Å². The summed E-state index contributed by atoms with van der Waals surface area (Å²) in [6, 6.07) is 16.1. The number of hydrogen-bond acceptors (Lipinski definition) is 3. The van der Waals surface area contributed by atoms with Crippen LogP contribution in [0.1, 0.15) is 60.8 Å². The largest absolute Gasteiger partial charge is 0.378 e. The highest BCUT2D eigenvalue weighted by Crippen LogP contribution is 2.28. The number of carbonyl (C=O) groups excluding carboxylic acids is 1. The lowest BCUT2D eigenvalue weighted by Gasteiger charge is -2.18. The van der Waals surface area contributed by atoms with Crippen LogP contribution in [-0.4, -0.2) is 25.0 Å². The van der Waals surface area contributed by atoms with Crippen molar-refractivity contribution in [3.8, 4) is 0 Å². The molecule has 0 saturated heterocycles. The highest BCUT2D eigenvalue weighted by molar-refractivity contribution is 5.99. The Morgan fingerprint density at radius 1 is 1.11 bits per heavy atom. The van der Waals surface area contributed by atoms with Crippen molar-refractivity contribution < 1.29 is 4.79 Å². The maximum atomic E-state index is 12.8. The molecule has 3 rings (SSSR count). The molecule has 0 saturated carbocycles. The zero-order valence-corrected chi connectivity index (χ0v) is 17.4. The third-order valence-corrected chi connectivity index (χ3v) is 5.39. The van der Waals surface area contributed by atoms with E-state index in [4.69, 9.17) is 0 Å². The lowest BCUT2D eigenvalue weighted by atomic mass is 9.92. The number of hydrogen-bond donors (Lipinski definition) is 1. The van der Waals surface area contributed by atoms with Crippen molar-refractivity contribution >= 4 is 22.4 Å². The van der Waals surface area contributed by atoms with E-state index in [0.717, 1.165) is 23.2 Å². The molecule has 0 aliphatic rings. The summed E-state index contributed by atoms with van der Waals surface area (Å²) in [5.74, 6) is 0.416. The Bertz CT molecular complexity index is 981. The molecule has 0 radical (unpaired) electrons. The molecule has 2 aromatic carbocycles. The molecule has 28 heavy (non-hydrogen) atoms. The molecular formula is C24H29N3O. The van der Waals surface area contributed by atoms with Gasteiger partial charge in [-0.05, 0) is 59.9 Å². The van der Waals surface area contributed by atoms with Gasteiger partial charge in [0.15, 0.2) is 0 Å². The predicted octanol–water partition coefficient (Wildman–Crippen LogP) is 5.31. The Morgan fingerprint density at radius 3 is 2.61 bits per heavy atom. The van der Waals surface area contributed by atoms with Gasteiger partial charge < -0.3 is 10.2 Å². The number of fused-ring (bicyclic) bond motifs is 1. The van der Waals surface area contributed by atoms with Gasteiger partial charge in [0.1, 0.15) is 0 Å². The lowest BCUT2D eigenvalue weighted by Crippen LogP contribution is -2.27. The van der Waals surface area contributed by atoms with Crippen LogP contribution >= 0.6 is 0 Å². The second-order valence-electron chi connectivity index (χ2n) is 7.62. The van der Waals surface area contributed by atoms with Crippen molar-refractivity contribution in [2.24, 2.45) is 0 Å². The second kappa shape index (κ2) is 8.42. The number of pyridine rings is 1. The first kappa shape index (κ1) is 19.9.